The first kappa shape index (κ1) is 9.67. The summed E-state index contributed by atoms with van der Waals surface area (Å²) in [6, 6.07) is 8.23. The molecule has 67 valence electrons. The number of aryl methyl sites for hydroxylation is 1. The first-order chi connectivity index (χ1) is 6.33. The lowest BCUT2D eigenvalue weighted by Gasteiger charge is -2.00. The smallest absolute Gasteiger partial charge is 0.120 e. The van der Waals surface area contributed by atoms with E-state index in [9.17, 15) is 0 Å². The first-order valence-electron chi connectivity index (χ1n) is 4.46. The van der Waals surface area contributed by atoms with Gasteiger partial charge in [0, 0.05) is 12.1 Å². The minimum atomic E-state index is 0.895. The van der Waals surface area contributed by atoms with Crippen molar-refractivity contribution >= 4 is 5.69 Å². The van der Waals surface area contributed by atoms with Crippen LogP contribution in [-0.4, -0.2) is 0 Å². The molecule has 1 rings (SSSR count). The van der Waals surface area contributed by atoms with Gasteiger partial charge in [-0.25, -0.2) is 0 Å². The molecule has 0 heterocycles. The van der Waals surface area contributed by atoms with E-state index in [1.54, 1.807) is 6.54 Å². The van der Waals surface area contributed by atoms with Gasteiger partial charge in [0.1, 0.15) is 6.54 Å². The molecule has 0 saturated carbocycles. The van der Waals surface area contributed by atoms with Crippen LogP contribution in [0.3, 0.4) is 0 Å². The molecule has 0 saturated heterocycles. The van der Waals surface area contributed by atoms with Crippen LogP contribution >= 0.6 is 0 Å². The van der Waals surface area contributed by atoms with Gasteiger partial charge in [0.2, 0.25) is 0 Å². The molecule has 0 bridgehead atoms. The maximum atomic E-state index is 3.11. The van der Waals surface area contributed by atoms with E-state index in [0.29, 0.717) is 0 Å². The Labute approximate surface area is 80.2 Å². The van der Waals surface area contributed by atoms with Gasteiger partial charge in [-0.05, 0) is 19.1 Å². The molecule has 1 radical (unpaired) electrons. The third-order valence-corrected chi connectivity index (χ3v) is 1.64. The van der Waals surface area contributed by atoms with Crippen LogP contribution in [0.4, 0.5) is 5.69 Å². The fourth-order valence-corrected chi connectivity index (χ4v) is 0.922. The molecule has 0 aliphatic carbocycles. The van der Waals surface area contributed by atoms with Gasteiger partial charge in [-0.2, -0.15) is 0 Å². The van der Waals surface area contributed by atoms with E-state index in [4.69, 9.17) is 0 Å². The zero-order chi connectivity index (χ0) is 9.52. The predicted octanol–water partition coefficient (Wildman–Crippen LogP) is 2.98. The Morgan fingerprint density at radius 2 is 2.00 bits per heavy atom. The van der Waals surface area contributed by atoms with E-state index in [0.717, 1.165) is 12.1 Å². The highest BCUT2D eigenvalue weighted by molar-refractivity contribution is 5.47. The van der Waals surface area contributed by atoms with Crippen molar-refractivity contribution in [2.24, 2.45) is 0 Å². The molecule has 1 aromatic carbocycles. The van der Waals surface area contributed by atoms with E-state index < -0.39 is 0 Å². The Morgan fingerprint density at radius 1 is 1.31 bits per heavy atom. The van der Waals surface area contributed by atoms with Crippen molar-refractivity contribution in [2.75, 3.05) is 5.32 Å². The molecule has 0 aliphatic heterocycles. The summed E-state index contributed by atoms with van der Waals surface area (Å²) in [4.78, 5) is 0. The Morgan fingerprint density at radius 3 is 2.62 bits per heavy atom. The largest absolute Gasteiger partial charge is 0.369 e. The van der Waals surface area contributed by atoms with Crippen molar-refractivity contribution in [1.82, 2.24) is 0 Å². The van der Waals surface area contributed by atoms with Crippen LogP contribution in [0, 0.1) is 25.3 Å². The van der Waals surface area contributed by atoms with Gasteiger partial charge in [-0.15, -0.1) is 5.92 Å². The second-order valence-electron chi connectivity index (χ2n) is 2.83. The standard InChI is InChI=1S/C12H14N/c1-3-4-5-10-13-12-8-6-11(2)7-9-12/h6-10,13H,3H2,1-2H3. The summed E-state index contributed by atoms with van der Waals surface area (Å²) in [5.41, 5.74) is 2.35. The van der Waals surface area contributed by atoms with Crippen molar-refractivity contribution in [3.63, 3.8) is 0 Å². The van der Waals surface area contributed by atoms with Crippen molar-refractivity contribution in [1.29, 1.82) is 0 Å². The summed E-state index contributed by atoms with van der Waals surface area (Å²) in [5.74, 6) is 5.87. The highest BCUT2D eigenvalue weighted by atomic mass is 14.8. The summed E-state index contributed by atoms with van der Waals surface area (Å²) in [5, 5.41) is 3.11. The molecule has 1 aromatic rings. The van der Waals surface area contributed by atoms with Crippen LogP contribution in [0.5, 0.6) is 0 Å². The van der Waals surface area contributed by atoms with Crippen LogP contribution in [0.2, 0.25) is 0 Å². The fourth-order valence-electron chi connectivity index (χ4n) is 0.922. The first-order valence-corrected chi connectivity index (χ1v) is 4.46. The molecule has 0 amide bonds. The molecule has 0 unspecified atom stereocenters. The van der Waals surface area contributed by atoms with Crippen LogP contribution in [-0.2, 0) is 0 Å². The van der Waals surface area contributed by atoms with Gasteiger partial charge in [-0.1, -0.05) is 30.5 Å². The Kier molecular flexibility index (Phi) is 3.92. The van der Waals surface area contributed by atoms with Gasteiger partial charge in [0.05, 0.1) is 0 Å². The summed E-state index contributed by atoms with van der Waals surface area (Å²) < 4.78 is 0. The number of hydrogen-bond acceptors (Lipinski definition) is 1. The van der Waals surface area contributed by atoms with Crippen molar-refractivity contribution in [3.8, 4) is 11.8 Å². The summed E-state index contributed by atoms with van der Waals surface area (Å²) in [6.07, 6.45) is 0.895. The zero-order valence-electron chi connectivity index (χ0n) is 8.09. The molecule has 1 heteroatoms. The summed E-state index contributed by atoms with van der Waals surface area (Å²) in [6.45, 7) is 5.88. The summed E-state index contributed by atoms with van der Waals surface area (Å²) >= 11 is 0. The molecule has 0 fully saturated rings. The zero-order valence-corrected chi connectivity index (χ0v) is 8.09. The molecular weight excluding hydrogens is 158 g/mol. The Balaban J connectivity index is 2.41. The third-order valence-electron chi connectivity index (χ3n) is 1.64. The van der Waals surface area contributed by atoms with Crippen molar-refractivity contribution < 1.29 is 0 Å². The molecule has 0 atom stereocenters. The van der Waals surface area contributed by atoms with Crippen LogP contribution in [0.15, 0.2) is 24.3 Å². The maximum Gasteiger partial charge on any atom is 0.120 e. The predicted molar refractivity (Wildman–Crippen MR) is 57.2 cm³/mol. The van der Waals surface area contributed by atoms with Crippen molar-refractivity contribution in [2.45, 2.75) is 20.3 Å². The minimum absolute atomic E-state index is 0.895. The van der Waals surface area contributed by atoms with Gasteiger partial charge in [0.15, 0.2) is 0 Å². The van der Waals surface area contributed by atoms with Crippen LogP contribution in [0.25, 0.3) is 0 Å². The fraction of sp³-hybridized carbons (Fsp3) is 0.250. The molecule has 1 nitrogen and oxygen atoms in total. The highest BCUT2D eigenvalue weighted by Crippen LogP contribution is 2.08. The van der Waals surface area contributed by atoms with E-state index in [-0.39, 0.29) is 0 Å². The topological polar surface area (TPSA) is 12.0 Å². The van der Waals surface area contributed by atoms with Gasteiger partial charge >= 0.3 is 0 Å². The van der Waals surface area contributed by atoms with E-state index in [1.165, 1.54) is 5.56 Å². The van der Waals surface area contributed by atoms with E-state index >= 15 is 0 Å². The second kappa shape index (κ2) is 5.27. The highest BCUT2D eigenvalue weighted by Gasteiger charge is 1.87. The average molecular weight is 172 g/mol. The lowest BCUT2D eigenvalue weighted by atomic mass is 10.2. The second-order valence-corrected chi connectivity index (χ2v) is 2.83. The molecule has 0 aliphatic rings. The lowest BCUT2D eigenvalue weighted by Crippen LogP contribution is -1.91. The molecule has 0 aromatic heterocycles. The van der Waals surface area contributed by atoms with Crippen molar-refractivity contribution in [3.05, 3.63) is 36.4 Å². The van der Waals surface area contributed by atoms with Gasteiger partial charge in [-0.3, -0.25) is 0 Å². The molecular formula is C12H14N. The molecule has 0 spiro atoms. The summed E-state index contributed by atoms with van der Waals surface area (Å²) in [7, 11) is 0. The average Bonchev–Trinajstić information content (AvgIpc) is 2.15. The number of hydrogen-bond donors (Lipinski definition) is 1. The number of nitrogens with one attached hydrogen (secondary N) is 1. The van der Waals surface area contributed by atoms with Crippen LogP contribution in [0.1, 0.15) is 18.9 Å². The van der Waals surface area contributed by atoms with Gasteiger partial charge < -0.3 is 5.32 Å². The van der Waals surface area contributed by atoms with Crippen LogP contribution < -0.4 is 5.32 Å². The Bertz CT molecular complexity index is 300. The van der Waals surface area contributed by atoms with E-state index in [1.807, 2.05) is 19.1 Å². The lowest BCUT2D eigenvalue weighted by molar-refractivity contribution is 1.28. The van der Waals surface area contributed by atoms with E-state index in [2.05, 4.69) is 36.2 Å². The number of rotatable bonds is 2. The number of benzene rings is 1. The molecule has 1 N–H and O–H groups in total. The third kappa shape index (κ3) is 3.66. The minimum Gasteiger partial charge on any atom is -0.369 e. The SMILES string of the molecule is CCC#C[CH]Nc1ccc(C)cc1. The Hall–Kier alpha value is -1.42. The quantitative estimate of drug-likeness (QED) is 0.676. The number of anilines is 1. The van der Waals surface area contributed by atoms with Gasteiger partial charge in [0.25, 0.3) is 0 Å². The molecule has 13 heavy (non-hydrogen) atoms. The monoisotopic (exact) mass is 172 g/mol. The normalized spacial score (nSPS) is 8.77. The maximum absolute atomic E-state index is 3.11.